The van der Waals surface area contributed by atoms with Crippen molar-refractivity contribution in [3.8, 4) is 0 Å². The van der Waals surface area contributed by atoms with Gasteiger partial charge in [0.05, 0.1) is 17.0 Å². The summed E-state index contributed by atoms with van der Waals surface area (Å²) in [6.07, 6.45) is 1.90. The van der Waals surface area contributed by atoms with E-state index in [0.29, 0.717) is 6.42 Å². The number of nitrogens with one attached hydrogen (secondary N) is 1. The monoisotopic (exact) mass is 459 g/mol. The lowest BCUT2D eigenvalue weighted by Gasteiger charge is -2.17. The van der Waals surface area contributed by atoms with E-state index in [1.165, 1.54) is 29.7 Å². The fourth-order valence-electron chi connectivity index (χ4n) is 3.37. The fraction of sp³-hybridized carbons (Fsp3) is 0.190. The van der Waals surface area contributed by atoms with Crippen LogP contribution in [0.25, 0.3) is 0 Å². The third-order valence-electron chi connectivity index (χ3n) is 4.99. The quantitative estimate of drug-likeness (QED) is 0.548. The van der Waals surface area contributed by atoms with E-state index in [2.05, 4.69) is 9.71 Å². The topological polar surface area (TPSA) is 96.4 Å². The minimum atomic E-state index is -4.07. The second-order valence-corrected chi connectivity index (χ2v) is 9.76. The van der Waals surface area contributed by atoms with Gasteiger partial charge in [-0.1, -0.05) is 6.07 Å². The molecule has 0 bridgehead atoms. The smallest absolute Gasteiger partial charge is 0.268 e. The molecule has 31 heavy (non-hydrogen) atoms. The summed E-state index contributed by atoms with van der Waals surface area (Å²) in [6.45, 7) is 1.77. The van der Waals surface area contributed by atoms with Crippen molar-refractivity contribution in [3.05, 3.63) is 81.1 Å². The fourth-order valence-corrected chi connectivity index (χ4v) is 5.56. The van der Waals surface area contributed by atoms with Crippen LogP contribution in [-0.2, 0) is 23.0 Å². The van der Waals surface area contributed by atoms with E-state index < -0.39 is 27.7 Å². The summed E-state index contributed by atoms with van der Waals surface area (Å²) in [4.78, 5) is 30.8. The van der Waals surface area contributed by atoms with Gasteiger partial charge in [-0.3, -0.25) is 19.5 Å². The number of aromatic nitrogens is 1. The van der Waals surface area contributed by atoms with E-state index in [1.54, 1.807) is 6.07 Å². The van der Waals surface area contributed by atoms with Gasteiger partial charge in [0, 0.05) is 17.6 Å². The highest BCUT2D eigenvalue weighted by Crippen LogP contribution is 2.26. The molecule has 2 amide bonds. The number of carbonyl (C=O) groups excluding carboxylic acids is 2. The maximum atomic E-state index is 13.9. The van der Waals surface area contributed by atoms with Crippen LogP contribution in [0.2, 0.25) is 0 Å². The number of hydrogen-bond donors (Lipinski definition) is 1. The molecule has 10 heteroatoms. The molecule has 0 atom stereocenters. The van der Waals surface area contributed by atoms with E-state index in [4.69, 9.17) is 0 Å². The van der Waals surface area contributed by atoms with Crippen LogP contribution < -0.4 is 4.72 Å². The summed E-state index contributed by atoms with van der Waals surface area (Å²) in [6, 6.07) is 8.24. The van der Waals surface area contributed by atoms with E-state index in [1.807, 2.05) is 18.4 Å². The van der Waals surface area contributed by atoms with Gasteiger partial charge in [-0.25, -0.2) is 17.5 Å². The lowest BCUT2D eigenvalue weighted by Crippen LogP contribution is -2.32. The molecule has 0 unspecified atom stereocenters. The first-order chi connectivity index (χ1) is 14.8. The van der Waals surface area contributed by atoms with Gasteiger partial charge in [-0.05, 0) is 60.2 Å². The van der Waals surface area contributed by atoms with Gasteiger partial charge in [0.25, 0.3) is 11.8 Å². The van der Waals surface area contributed by atoms with Crippen molar-refractivity contribution in [2.75, 3.05) is 6.54 Å². The molecule has 1 N–H and O–H groups in total. The molecule has 0 fully saturated rings. The van der Waals surface area contributed by atoms with Gasteiger partial charge in [0.1, 0.15) is 11.5 Å². The summed E-state index contributed by atoms with van der Waals surface area (Å²) in [7, 11) is -4.07. The third-order valence-corrected chi connectivity index (χ3v) is 7.62. The van der Waals surface area contributed by atoms with Gasteiger partial charge < -0.3 is 0 Å². The number of amides is 2. The second kappa shape index (κ2) is 8.29. The lowest BCUT2D eigenvalue weighted by molar-refractivity contribution is 0.0639. The maximum Gasteiger partial charge on any atom is 0.280 e. The molecule has 0 saturated heterocycles. The Morgan fingerprint density at radius 2 is 1.97 bits per heavy atom. The molecule has 1 aromatic carbocycles. The number of nitrogens with zero attached hydrogens (tertiary/aromatic N) is 2. The van der Waals surface area contributed by atoms with Crippen LogP contribution in [0.1, 0.15) is 36.9 Å². The summed E-state index contributed by atoms with van der Waals surface area (Å²) < 4.78 is 42.2. The molecule has 160 valence electrons. The van der Waals surface area contributed by atoms with Crippen LogP contribution in [0.4, 0.5) is 4.39 Å². The maximum absolute atomic E-state index is 13.9. The number of aryl methyl sites for hydroxylation is 1. The molecule has 0 aliphatic carbocycles. The zero-order valence-electron chi connectivity index (χ0n) is 16.5. The predicted molar refractivity (Wildman–Crippen MR) is 113 cm³/mol. The average Bonchev–Trinajstić information content (AvgIpc) is 3.25. The molecule has 0 spiro atoms. The van der Waals surface area contributed by atoms with Crippen LogP contribution in [0.15, 0.2) is 52.9 Å². The van der Waals surface area contributed by atoms with Gasteiger partial charge in [-0.2, -0.15) is 0 Å². The lowest BCUT2D eigenvalue weighted by atomic mass is 10.2. The highest BCUT2D eigenvalue weighted by molar-refractivity contribution is 7.89. The van der Waals surface area contributed by atoms with Crippen molar-refractivity contribution in [1.29, 1.82) is 0 Å². The first kappa shape index (κ1) is 21.3. The van der Waals surface area contributed by atoms with Crippen molar-refractivity contribution < 1.29 is 22.4 Å². The van der Waals surface area contributed by atoms with Crippen LogP contribution >= 0.6 is 11.3 Å². The Morgan fingerprint density at radius 3 is 2.68 bits per heavy atom. The minimum Gasteiger partial charge on any atom is -0.268 e. The zero-order valence-corrected chi connectivity index (χ0v) is 18.1. The molecule has 3 heterocycles. The Morgan fingerprint density at radius 1 is 1.16 bits per heavy atom. The third kappa shape index (κ3) is 4.14. The number of imide groups is 1. The van der Waals surface area contributed by atoms with E-state index >= 15 is 0 Å². The minimum absolute atomic E-state index is 0.0171. The molecular formula is C21H18FN3O4S2. The summed E-state index contributed by atoms with van der Waals surface area (Å²) in [5, 5.41) is 1.93. The Labute approximate surface area is 182 Å². The van der Waals surface area contributed by atoms with E-state index in [0.717, 1.165) is 27.5 Å². The van der Waals surface area contributed by atoms with Gasteiger partial charge in [0.2, 0.25) is 10.0 Å². The normalized spacial score (nSPS) is 13.7. The predicted octanol–water partition coefficient (Wildman–Crippen LogP) is 2.91. The number of halogens is 1. The van der Waals surface area contributed by atoms with Crippen molar-refractivity contribution in [2.24, 2.45) is 0 Å². The molecule has 3 aromatic rings. The molecule has 7 nitrogen and oxygen atoms in total. The second-order valence-electron chi connectivity index (χ2n) is 7.02. The molecule has 1 aliphatic heterocycles. The van der Waals surface area contributed by atoms with E-state index in [9.17, 15) is 22.4 Å². The van der Waals surface area contributed by atoms with E-state index in [-0.39, 0.29) is 34.8 Å². The molecule has 4 rings (SSSR count). The van der Waals surface area contributed by atoms with Crippen molar-refractivity contribution in [3.63, 3.8) is 0 Å². The number of fused-ring (bicyclic) bond motifs is 1. The molecule has 0 saturated carbocycles. The molecule has 0 radical (unpaired) electrons. The summed E-state index contributed by atoms with van der Waals surface area (Å²) in [5.41, 5.74) is 1.39. The zero-order chi connectivity index (χ0) is 22.2. The average molecular weight is 460 g/mol. The van der Waals surface area contributed by atoms with Gasteiger partial charge in [0.15, 0.2) is 0 Å². The first-order valence-corrected chi connectivity index (χ1v) is 11.8. The Bertz CT molecular complexity index is 1250. The SMILES string of the molecule is Cc1ccsc1CCNS(=O)(=O)c1cc(F)ccc1CN1C(=O)c2cccnc2C1=O. The number of thiophene rings is 1. The molecule has 1 aliphatic rings. The van der Waals surface area contributed by atoms with Crippen LogP contribution in [0, 0.1) is 12.7 Å². The summed E-state index contributed by atoms with van der Waals surface area (Å²) >= 11 is 1.53. The number of rotatable bonds is 7. The first-order valence-electron chi connectivity index (χ1n) is 9.40. The number of benzene rings is 1. The number of carbonyl (C=O) groups is 2. The Balaban J connectivity index is 1.57. The van der Waals surface area contributed by atoms with Crippen LogP contribution in [0.3, 0.4) is 0 Å². The molecular weight excluding hydrogens is 441 g/mol. The Kier molecular flexibility index (Phi) is 5.69. The highest BCUT2D eigenvalue weighted by atomic mass is 32.2. The molecule has 2 aromatic heterocycles. The van der Waals surface area contributed by atoms with Crippen molar-refractivity contribution in [2.45, 2.75) is 24.8 Å². The highest BCUT2D eigenvalue weighted by Gasteiger charge is 2.37. The Hall–Kier alpha value is -2.95. The number of sulfonamides is 1. The number of hydrogen-bond acceptors (Lipinski definition) is 6. The van der Waals surface area contributed by atoms with Crippen molar-refractivity contribution >= 4 is 33.2 Å². The van der Waals surface area contributed by atoms with Crippen LogP contribution in [-0.4, -0.2) is 36.7 Å². The van der Waals surface area contributed by atoms with Gasteiger partial charge >= 0.3 is 0 Å². The number of pyridine rings is 1. The summed E-state index contributed by atoms with van der Waals surface area (Å²) in [5.74, 6) is -1.92. The van der Waals surface area contributed by atoms with Crippen molar-refractivity contribution in [1.82, 2.24) is 14.6 Å². The largest absolute Gasteiger partial charge is 0.280 e. The standard InChI is InChI=1S/C21H18FN3O4S2/c1-13-7-10-30-17(13)6-9-24-31(28,29)18-11-15(22)5-4-14(18)12-25-20(26)16-3-2-8-23-19(16)21(25)27/h2-5,7-8,10-11,24H,6,9,12H2,1H3. The van der Waals surface area contributed by atoms with Crippen LogP contribution in [0.5, 0.6) is 0 Å². The van der Waals surface area contributed by atoms with Gasteiger partial charge in [-0.15, -0.1) is 11.3 Å².